The Hall–Kier alpha value is -2.27. The molecule has 0 radical (unpaired) electrons. The maximum atomic E-state index is 10.5. The molecule has 84 valence electrons. The first-order chi connectivity index (χ1) is 8.11. The molecule has 0 saturated heterocycles. The molecular formula is C9H4BrN5O2. The highest BCUT2D eigenvalue weighted by Crippen LogP contribution is 2.18. The van der Waals surface area contributed by atoms with Crippen molar-refractivity contribution in [1.82, 2.24) is 14.8 Å². The van der Waals surface area contributed by atoms with Crippen LogP contribution in [0.25, 0.3) is 5.82 Å². The van der Waals surface area contributed by atoms with Gasteiger partial charge in [0.1, 0.15) is 17.8 Å². The van der Waals surface area contributed by atoms with Gasteiger partial charge in [-0.25, -0.2) is 9.67 Å². The van der Waals surface area contributed by atoms with Gasteiger partial charge in [0, 0.05) is 12.3 Å². The second-order valence-corrected chi connectivity index (χ2v) is 3.95. The molecule has 0 N–H and O–H groups in total. The van der Waals surface area contributed by atoms with E-state index in [1.54, 1.807) is 6.20 Å². The molecule has 0 aliphatic heterocycles. The Morgan fingerprint density at radius 3 is 2.82 bits per heavy atom. The lowest BCUT2D eigenvalue weighted by molar-refractivity contribution is -0.385. The Morgan fingerprint density at radius 2 is 2.29 bits per heavy atom. The molecule has 8 heteroatoms. The third kappa shape index (κ3) is 2.14. The van der Waals surface area contributed by atoms with E-state index >= 15 is 0 Å². The zero-order valence-electron chi connectivity index (χ0n) is 8.24. The highest BCUT2D eigenvalue weighted by Gasteiger charge is 2.13. The maximum Gasteiger partial charge on any atom is 0.289 e. The molecule has 7 nitrogen and oxygen atoms in total. The molecule has 17 heavy (non-hydrogen) atoms. The molecule has 0 spiro atoms. The van der Waals surface area contributed by atoms with Gasteiger partial charge >= 0.3 is 0 Å². The summed E-state index contributed by atoms with van der Waals surface area (Å²) in [6.07, 6.45) is 4.23. The van der Waals surface area contributed by atoms with E-state index in [2.05, 4.69) is 26.0 Å². The Balaban J connectivity index is 2.56. The van der Waals surface area contributed by atoms with Crippen molar-refractivity contribution in [1.29, 1.82) is 5.26 Å². The van der Waals surface area contributed by atoms with E-state index in [0.29, 0.717) is 0 Å². The van der Waals surface area contributed by atoms with E-state index in [1.165, 1.54) is 10.9 Å². The summed E-state index contributed by atoms with van der Waals surface area (Å²) < 4.78 is 2.09. The standard InChI is InChI=1S/C9H4BrN5O2/c10-7-3-13-14(5-7)9-6(2-11)1-8(4-12-9)15(16)17/h1,3-5H. The minimum absolute atomic E-state index is 0.0924. The molecule has 0 aliphatic rings. The highest BCUT2D eigenvalue weighted by atomic mass is 79.9. The maximum absolute atomic E-state index is 10.5. The first-order valence-electron chi connectivity index (χ1n) is 4.37. The van der Waals surface area contributed by atoms with Crippen LogP contribution in [0.1, 0.15) is 5.56 Å². The lowest BCUT2D eigenvalue weighted by Crippen LogP contribution is -2.02. The number of hydrogen-bond acceptors (Lipinski definition) is 5. The van der Waals surface area contributed by atoms with Crippen LogP contribution in [-0.4, -0.2) is 19.7 Å². The van der Waals surface area contributed by atoms with Crippen LogP contribution in [0.4, 0.5) is 5.69 Å². The smallest absolute Gasteiger partial charge is 0.258 e. The predicted molar refractivity (Wildman–Crippen MR) is 60.4 cm³/mol. The van der Waals surface area contributed by atoms with Gasteiger partial charge in [0.05, 0.1) is 15.6 Å². The van der Waals surface area contributed by atoms with Crippen molar-refractivity contribution in [3.8, 4) is 11.9 Å². The lowest BCUT2D eigenvalue weighted by atomic mass is 10.2. The van der Waals surface area contributed by atoms with Gasteiger partial charge in [-0.3, -0.25) is 10.1 Å². The number of pyridine rings is 1. The first kappa shape index (κ1) is 11.2. The van der Waals surface area contributed by atoms with E-state index in [1.807, 2.05) is 6.07 Å². The molecule has 0 atom stereocenters. The number of nitrogens with zero attached hydrogens (tertiary/aromatic N) is 5. The van der Waals surface area contributed by atoms with E-state index in [-0.39, 0.29) is 17.1 Å². The fourth-order valence-corrected chi connectivity index (χ4v) is 1.51. The molecule has 2 aromatic heterocycles. The monoisotopic (exact) mass is 293 g/mol. The SMILES string of the molecule is N#Cc1cc([N+](=O)[O-])cnc1-n1cc(Br)cn1. The molecule has 0 bridgehead atoms. The van der Waals surface area contributed by atoms with Crippen LogP contribution in [-0.2, 0) is 0 Å². The molecule has 2 rings (SSSR count). The zero-order valence-corrected chi connectivity index (χ0v) is 9.83. The summed E-state index contributed by atoms with van der Waals surface area (Å²) in [6, 6.07) is 3.02. The fourth-order valence-electron chi connectivity index (χ4n) is 1.23. The molecular weight excluding hydrogens is 290 g/mol. The first-order valence-corrected chi connectivity index (χ1v) is 5.16. The van der Waals surface area contributed by atoms with Gasteiger partial charge in [0.25, 0.3) is 5.69 Å². The Labute approximate surface area is 104 Å². The topological polar surface area (TPSA) is 97.6 Å². The normalized spacial score (nSPS) is 9.88. The summed E-state index contributed by atoms with van der Waals surface area (Å²) in [5, 5.41) is 23.4. The van der Waals surface area contributed by atoms with Gasteiger partial charge in [0.15, 0.2) is 5.82 Å². The number of halogens is 1. The summed E-state index contributed by atoms with van der Waals surface area (Å²) >= 11 is 3.21. The minimum atomic E-state index is -0.601. The number of nitro groups is 1. The Kier molecular flexibility index (Phi) is 2.84. The van der Waals surface area contributed by atoms with E-state index in [0.717, 1.165) is 16.7 Å². The van der Waals surface area contributed by atoms with Crippen molar-refractivity contribution < 1.29 is 4.92 Å². The average Bonchev–Trinajstić information content (AvgIpc) is 2.74. The fraction of sp³-hybridized carbons (Fsp3) is 0. The zero-order chi connectivity index (χ0) is 12.4. The quantitative estimate of drug-likeness (QED) is 0.621. The largest absolute Gasteiger partial charge is 0.289 e. The molecule has 0 aliphatic carbocycles. The van der Waals surface area contributed by atoms with Crippen molar-refractivity contribution in [3.63, 3.8) is 0 Å². The van der Waals surface area contributed by atoms with Crippen molar-refractivity contribution in [3.05, 3.63) is 44.8 Å². The van der Waals surface area contributed by atoms with Gasteiger partial charge in [0.2, 0.25) is 0 Å². The van der Waals surface area contributed by atoms with Crippen LogP contribution < -0.4 is 0 Å². The number of hydrogen-bond donors (Lipinski definition) is 0. The number of nitriles is 1. The van der Waals surface area contributed by atoms with Gasteiger partial charge in [-0.1, -0.05) is 0 Å². The second kappa shape index (κ2) is 4.31. The molecule has 0 amide bonds. The molecule has 0 unspecified atom stereocenters. The lowest BCUT2D eigenvalue weighted by Gasteiger charge is -2.01. The van der Waals surface area contributed by atoms with E-state index in [9.17, 15) is 10.1 Å². The summed E-state index contributed by atoms with van der Waals surface area (Å²) in [4.78, 5) is 13.8. The molecule has 0 aromatic carbocycles. The van der Waals surface area contributed by atoms with Gasteiger partial charge < -0.3 is 0 Å². The van der Waals surface area contributed by atoms with Crippen molar-refractivity contribution >= 4 is 21.6 Å². The van der Waals surface area contributed by atoms with Crippen molar-refractivity contribution in [2.75, 3.05) is 0 Å². The van der Waals surface area contributed by atoms with Gasteiger partial charge in [-0.2, -0.15) is 10.4 Å². The summed E-state index contributed by atoms with van der Waals surface area (Å²) in [5.41, 5.74) is -0.133. The van der Waals surface area contributed by atoms with Crippen LogP contribution in [0, 0.1) is 21.4 Å². The van der Waals surface area contributed by atoms with E-state index < -0.39 is 4.92 Å². The van der Waals surface area contributed by atoms with Gasteiger partial charge in [-0.05, 0) is 15.9 Å². The Bertz CT molecular complexity index is 631. The van der Waals surface area contributed by atoms with Gasteiger partial charge in [-0.15, -0.1) is 0 Å². The highest BCUT2D eigenvalue weighted by molar-refractivity contribution is 9.10. The van der Waals surface area contributed by atoms with Crippen LogP contribution >= 0.6 is 15.9 Å². The predicted octanol–water partition coefficient (Wildman–Crippen LogP) is 1.81. The van der Waals surface area contributed by atoms with Crippen LogP contribution in [0.3, 0.4) is 0 Å². The van der Waals surface area contributed by atoms with Crippen molar-refractivity contribution in [2.45, 2.75) is 0 Å². The third-order valence-electron chi connectivity index (χ3n) is 1.95. The van der Waals surface area contributed by atoms with Crippen LogP contribution in [0.2, 0.25) is 0 Å². The summed E-state index contributed by atoms with van der Waals surface area (Å²) in [7, 11) is 0. The third-order valence-corrected chi connectivity index (χ3v) is 2.36. The number of rotatable bonds is 2. The van der Waals surface area contributed by atoms with Crippen molar-refractivity contribution in [2.24, 2.45) is 0 Å². The minimum Gasteiger partial charge on any atom is -0.258 e. The Morgan fingerprint density at radius 1 is 1.53 bits per heavy atom. The summed E-state index contributed by atoms with van der Waals surface area (Å²) in [5.74, 6) is 0.254. The molecule has 0 saturated carbocycles. The molecule has 2 heterocycles. The molecule has 0 fully saturated rings. The summed E-state index contributed by atoms with van der Waals surface area (Å²) in [6.45, 7) is 0. The number of aromatic nitrogens is 3. The second-order valence-electron chi connectivity index (χ2n) is 3.04. The van der Waals surface area contributed by atoms with Crippen LogP contribution in [0.15, 0.2) is 29.1 Å². The molecule has 2 aromatic rings. The van der Waals surface area contributed by atoms with E-state index in [4.69, 9.17) is 5.26 Å². The average molecular weight is 294 g/mol. The van der Waals surface area contributed by atoms with Crippen LogP contribution in [0.5, 0.6) is 0 Å².